The molecule has 8 heteroatoms. The first-order valence-electron chi connectivity index (χ1n) is 9.94. The monoisotopic (exact) mass is 441 g/mol. The van der Waals surface area contributed by atoms with Crippen LogP contribution in [0.25, 0.3) is 10.8 Å². The molecule has 164 valence electrons. The van der Waals surface area contributed by atoms with Crippen LogP contribution < -0.4 is 5.32 Å². The van der Waals surface area contributed by atoms with Crippen LogP contribution in [-0.2, 0) is 22.5 Å². The smallest absolute Gasteiger partial charge is 0.410 e. The molecule has 7 nitrogen and oxygen atoms in total. The molecule has 0 saturated carbocycles. The number of benzene rings is 1. The van der Waals surface area contributed by atoms with Gasteiger partial charge in [-0.15, -0.1) is 11.3 Å². The van der Waals surface area contributed by atoms with E-state index in [1.807, 2.05) is 62.5 Å². The number of thiophene rings is 1. The van der Waals surface area contributed by atoms with E-state index < -0.39 is 11.7 Å². The van der Waals surface area contributed by atoms with E-state index in [4.69, 9.17) is 9.15 Å². The highest BCUT2D eigenvalue weighted by Crippen LogP contribution is 2.26. The second-order valence-electron chi connectivity index (χ2n) is 8.26. The minimum absolute atomic E-state index is 0.114. The maximum Gasteiger partial charge on any atom is 0.410 e. The second kappa shape index (κ2) is 9.34. The largest absolute Gasteiger partial charge is 0.444 e. The molecule has 0 saturated heterocycles. The number of amides is 2. The molecule has 3 aromatic rings. The lowest BCUT2D eigenvalue weighted by molar-refractivity contribution is -0.115. The Balaban J connectivity index is 1.61. The summed E-state index contributed by atoms with van der Waals surface area (Å²) in [5.74, 6) is 0.973. The minimum atomic E-state index is -0.552. The van der Waals surface area contributed by atoms with Gasteiger partial charge in [0.1, 0.15) is 11.4 Å². The molecule has 3 rings (SSSR count). The average Bonchev–Trinajstić information content (AvgIpc) is 3.31. The summed E-state index contributed by atoms with van der Waals surface area (Å²) in [5.41, 5.74) is 1.59. The van der Waals surface area contributed by atoms with Gasteiger partial charge in [-0.3, -0.25) is 4.79 Å². The maximum absolute atomic E-state index is 12.6. The Bertz CT molecular complexity index is 1050. The van der Waals surface area contributed by atoms with Gasteiger partial charge in [-0.2, -0.15) is 0 Å². The summed E-state index contributed by atoms with van der Waals surface area (Å²) in [6, 6.07) is 11.2. The van der Waals surface area contributed by atoms with Gasteiger partial charge < -0.3 is 19.4 Å². The highest BCUT2D eigenvalue weighted by atomic mass is 32.1. The van der Waals surface area contributed by atoms with Crippen molar-refractivity contribution >= 4 is 29.0 Å². The molecule has 0 aliphatic rings. The van der Waals surface area contributed by atoms with Crippen molar-refractivity contribution in [3.8, 4) is 10.8 Å². The summed E-state index contributed by atoms with van der Waals surface area (Å²) >= 11 is 1.54. The zero-order chi connectivity index (χ0) is 22.6. The summed E-state index contributed by atoms with van der Waals surface area (Å²) in [7, 11) is 1.68. The molecule has 0 aliphatic carbocycles. The van der Waals surface area contributed by atoms with Crippen molar-refractivity contribution in [1.82, 2.24) is 9.88 Å². The second-order valence-corrected chi connectivity index (χ2v) is 9.21. The summed E-state index contributed by atoms with van der Waals surface area (Å²) in [4.78, 5) is 31.6. The quantitative estimate of drug-likeness (QED) is 0.564. The number of ether oxygens (including phenoxy) is 1. The Labute approximate surface area is 186 Å². The summed E-state index contributed by atoms with van der Waals surface area (Å²) < 4.78 is 11.1. The lowest BCUT2D eigenvalue weighted by Crippen LogP contribution is -2.33. The standard InChI is InChI=1S/C23H27N3O4S/c1-15-18(25-21(29-15)19-10-7-11-31-19)13-20(27)24-17-9-6-8-16(12-17)14-26(5)22(28)30-23(2,3)4/h6-12H,13-14H2,1-5H3,(H,24,27). The van der Waals surface area contributed by atoms with Gasteiger partial charge in [0.25, 0.3) is 0 Å². The van der Waals surface area contributed by atoms with E-state index in [-0.39, 0.29) is 12.3 Å². The van der Waals surface area contributed by atoms with Gasteiger partial charge in [0.15, 0.2) is 0 Å². The van der Waals surface area contributed by atoms with Crippen molar-refractivity contribution in [2.45, 2.75) is 46.3 Å². The van der Waals surface area contributed by atoms with E-state index in [9.17, 15) is 9.59 Å². The Morgan fingerprint density at radius 3 is 2.68 bits per heavy atom. The fraction of sp³-hybridized carbons (Fsp3) is 0.348. The Morgan fingerprint density at radius 1 is 1.23 bits per heavy atom. The first kappa shape index (κ1) is 22.6. The highest BCUT2D eigenvalue weighted by Gasteiger charge is 2.20. The number of carbonyl (C=O) groups excluding carboxylic acids is 2. The number of aryl methyl sites for hydroxylation is 1. The molecular weight excluding hydrogens is 414 g/mol. The third kappa shape index (κ3) is 6.42. The van der Waals surface area contributed by atoms with Gasteiger partial charge in [-0.25, -0.2) is 9.78 Å². The number of aromatic nitrogens is 1. The van der Waals surface area contributed by atoms with E-state index in [0.29, 0.717) is 29.6 Å². The van der Waals surface area contributed by atoms with Crippen LogP contribution in [-0.4, -0.2) is 34.5 Å². The molecule has 0 fully saturated rings. The molecule has 2 amide bonds. The molecular formula is C23H27N3O4S. The normalized spacial score (nSPS) is 11.3. The van der Waals surface area contributed by atoms with Crippen LogP contribution in [0.2, 0.25) is 0 Å². The predicted octanol–water partition coefficient (Wildman–Crippen LogP) is 5.26. The third-order valence-electron chi connectivity index (χ3n) is 4.29. The number of nitrogens with one attached hydrogen (secondary N) is 1. The lowest BCUT2D eigenvalue weighted by atomic mass is 10.2. The number of rotatable bonds is 6. The van der Waals surface area contributed by atoms with Crippen molar-refractivity contribution in [2.24, 2.45) is 0 Å². The van der Waals surface area contributed by atoms with Crippen molar-refractivity contribution in [1.29, 1.82) is 0 Å². The van der Waals surface area contributed by atoms with Crippen molar-refractivity contribution in [3.05, 3.63) is 58.8 Å². The number of hydrogen-bond acceptors (Lipinski definition) is 6. The number of oxazole rings is 1. The molecule has 0 bridgehead atoms. The Morgan fingerprint density at radius 2 is 2.00 bits per heavy atom. The van der Waals surface area contributed by atoms with Gasteiger partial charge in [0.05, 0.1) is 17.0 Å². The number of hydrogen-bond donors (Lipinski definition) is 1. The van der Waals surface area contributed by atoms with E-state index >= 15 is 0 Å². The molecule has 2 heterocycles. The van der Waals surface area contributed by atoms with Crippen LogP contribution in [0.4, 0.5) is 10.5 Å². The molecule has 1 N–H and O–H groups in total. The molecule has 0 radical (unpaired) electrons. The van der Waals surface area contributed by atoms with Crippen LogP contribution in [0.1, 0.15) is 37.8 Å². The van der Waals surface area contributed by atoms with E-state index in [1.54, 1.807) is 14.0 Å². The van der Waals surface area contributed by atoms with Crippen LogP contribution >= 0.6 is 11.3 Å². The zero-order valence-electron chi connectivity index (χ0n) is 18.4. The zero-order valence-corrected chi connectivity index (χ0v) is 19.2. The molecule has 0 unspecified atom stereocenters. The molecule has 0 aliphatic heterocycles. The van der Waals surface area contributed by atoms with Crippen molar-refractivity contribution in [3.63, 3.8) is 0 Å². The van der Waals surface area contributed by atoms with E-state index in [1.165, 1.54) is 16.2 Å². The van der Waals surface area contributed by atoms with Gasteiger partial charge in [-0.05, 0) is 56.8 Å². The van der Waals surface area contributed by atoms with Gasteiger partial charge in [-0.1, -0.05) is 18.2 Å². The lowest BCUT2D eigenvalue weighted by Gasteiger charge is -2.24. The van der Waals surface area contributed by atoms with Gasteiger partial charge in [0.2, 0.25) is 11.8 Å². The maximum atomic E-state index is 12.6. The fourth-order valence-electron chi connectivity index (χ4n) is 2.88. The van der Waals surface area contributed by atoms with E-state index in [2.05, 4.69) is 10.3 Å². The van der Waals surface area contributed by atoms with Gasteiger partial charge >= 0.3 is 6.09 Å². The van der Waals surface area contributed by atoms with Crippen molar-refractivity contribution in [2.75, 3.05) is 12.4 Å². The molecule has 2 aromatic heterocycles. The minimum Gasteiger partial charge on any atom is -0.444 e. The highest BCUT2D eigenvalue weighted by molar-refractivity contribution is 7.13. The summed E-state index contributed by atoms with van der Waals surface area (Å²) in [5, 5.41) is 4.84. The SMILES string of the molecule is Cc1oc(-c2cccs2)nc1CC(=O)Nc1cccc(CN(C)C(=O)OC(C)(C)C)c1. The predicted molar refractivity (Wildman–Crippen MR) is 121 cm³/mol. The number of carbonyl (C=O) groups is 2. The number of anilines is 1. The molecule has 0 atom stereocenters. The average molecular weight is 442 g/mol. The third-order valence-corrected chi connectivity index (χ3v) is 5.15. The number of nitrogens with zero attached hydrogens (tertiary/aromatic N) is 2. The molecule has 0 spiro atoms. The topological polar surface area (TPSA) is 84.7 Å². The molecule has 1 aromatic carbocycles. The first-order chi connectivity index (χ1) is 14.6. The van der Waals surface area contributed by atoms with Crippen LogP contribution in [0, 0.1) is 6.92 Å². The Kier molecular flexibility index (Phi) is 6.80. The van der Waals surface area contributed by atoms with E-state index in [0.717, 1.165) is 10.4 Å². The van der Waals surface area contributed by atoms with Crippen LogP contribution in [0.5, 0.6) is 0 Å². The molecule has 31 heavy (non-hydrogen) atoms. The summed E-state index contributed by atoms with van der Waals surface area (Å²) in [6.45, 7) is 7.66. The van der Waals surface area contributed by atoms with Crippen LogP contribution in [0.3, 0.4) is 0 Å². The van der Waals surface area contributed by atoms with Crippen LogP contribution in [0.15, 0.2) is 46.2 Å². The fourth-order valence-corrected chi connectivity index (χ4v) is 3.53. The van der Waals surface area contributed by atoms with Gasteiger partial charge in [0, 0.05) is 19.3 Å². The Hall–Kier alpha value is -3.13. The first-order valence-corrected chi connectivity index (χ1v) is 10.8. The summed E-state index contributed by atoms with van der Waals surface area (Å²) in [6.07, 6.45) is -0.284. The van der Waals surface area contributed by atoms with Crippen molar-refractivity contribution < 1.29 is 18.7 Å².